The second-order valence-corrected chi connectivity index (χ2v) is 6.68. The summed E-state index contributed by atoms with van der Waals surface area (Å²) in [6, 6.07) is 14.3. The van der Waals surface area contributed by atoms with E-state index in [1.54, 1.807) is 6.20 Å². The Morgan fingerprint density at radius 3 is 2.89 bits per heavy atom. The molecule has 1 fully saturated rings. The number of para-hydroxylation sites is 1. The summed E-state index contributed by atoms with van der Waals surface area (Å²) < 4.78 is 7.60. The van der Waals surface area contributed by atoms with Crippen molar-refractivity contribution in [2.45, 2.75) is 13.0 Å². The minimum Gasteiger partial charge on any atom is -0.378 e. The van der Waals surface area contributed by atoms with Gasteiger partial charge >= 0.3 is 0 Å². The number of nitrogens with zero attached hydrogens (tertiary/aromatic N) is 3. The molecule has 27 heavy (non-hydrogen) atoms. The van der Waals surface area contributed by atoms with Crippen LogP contribution in [0.3, 0.4) is 0 Å². The summed E-state index contributed by atoms with van der Waals surface area (Å²) >= 11 is 0. The number of ether oxygens (including phenoxy) is 1. The van der Waals surface area contributed by atoms with Crippen molar-refractivity contribution >= 4 is 22.5 Å². The molecular formula is C21H24N4O2. The lowest BCUT2D eigenvalue weighted by molar-refractivity contribution is 0.0948. The maximum atomic E-state index is 12.4. The van der Waals surface area contributed by atoms with Crippen LogP contribution < -0.4 is 10.2 Å². The van der Waals surface area contributed by atoms with Gasteiger partial charge < -0.3 is 19.5 Å². The lowest BCUT2D eigenvalue weighted by atomic mass is 10.2. The molecule has 1 amide bonds. The average molecular weight is 364 g/mol. The Morgan fingerprint density at radius 1 is 1.15 bits per heavy atom. The zero-order chi connectivity index (χ0) is 18.5. The first-order valence-corrected chi connectivity index (χ1v) is 9.42. The number of pyridine rings is 1. The molecule has 0 radical (unpaired) electrons. The number of rotatable bonds is 6. The van der Waals surface area contributed by atoms with Crippen LogP contribution in [0.4, 0.5) is 5.69 Å². The number of carbonyl (C=O) groups excluding carboxylic acids is 1. The molecule has 1 aliphatic rings. The van der Waals surface area contributed by atoms with Crippen molar-refractivity contribution in [2.24, 2.45) is 0 Å². The number of anilines is 1. The number of aryl methyl sites for hydroxylation is 1. The van der Waals surface area contributed by atoms with Crippen molar-refractivity contribution in [1.29, 1.82) is 0 Å². The molecule has 1 N–H and O–H groups in total. The summed E-state index contributed by atoms with van der Waals surface area (Å²) in [5, 5.41) is 4.22. The minimum absolute atomic E-state index is 0.123. The highest BCUT2D eigenvalue weighted by Crippen LogP contribution is 2.17. The first-order valence-electron chi connectivity index (χ1n) is 9.42. The van der Waals surface area contributed by atoms with E-state index in [9.17, 15) is 4.79 Å². The maximum Gasteiger partial charge on any atom is 0.269 e. The van der Waals surface area contributed by atoms with E-state index in [1.807, 2.05) is 24.3 Å². The quantitative estimate of drug-likeness (QED) is 0.683. The monoisotopic (exact) mass is 364 g/mol. The number of hydrogen-bond acceptors (Lipinski definition) is 4. The van der Waals surface area contributed by atoms with Gasteiger partial charge in [-0.15, -0.1) is 0 Å². The predicted octanol–water partition coefficient (Wildman–Crippen LogP) is 2.69. The van der Waals surface area contributed by atoms with Gasteiger partial charge in [-0.25, -0.2) is 0 Å². The van der Waals surface area contributed by atoms with E-state index < -0.39 is 0 Å². The largest absolute Gasteiger partial charge is 0.378 e. The van der Waals surface area contributed by atoms with E-state index in [-0.39, 0.29) is 5.91 Å². The van der Waals surface area contributed by atoms with Crippen molar-refractivity contribution in [3.8, 4) is 0 Å². The van der Waals surface area contributed by atoms with Crippen LogP contribution in [0.1, 0.15) is 16.9 Å². The zero-order valence-corrected chi connectivity index (χ0v) is 15.3. The molecule has 6 heteroatoms. The molecule has 140 valence electrons. The molecular weight excluding hydrogens is 340 g/mol. The van der Waals surface area contributed by atoms with Gasteiger partial charge in [0.1, 0.15) is 5.69 Å². The molecule has 1 aromatic carbocycles. The number of hydrogen-bond donors (Lipinski definition) is 1. The van der Waals surface area contributed by atoms with E-state index in [1.165, 1.54) is 10.9 Å². The molecule has 4 rings (SSSR count). The van der Waals surface area contributed by atoms with Gasteiger partial charge in [0.25, 0.3) is 5.91 Å². The SMILES string of the molecule is O=C(NCCCn1ccc2ccccc21)c1cc(N2CCOCC2)ccn1. The first kappa shape index (κ1) is 17.5. The van der Waals surface area contributed by atoms with Crippen molar-refractivity contribution in [1.82, 2.24) is 14.9 Å². The Kier molecular flexibility index (Phi) is 5.34. The van der Waals surface area contributed by atoms with E-state index >= 15 is 0 Å². The number of nitrogens with one attached hydrogen (secondary N) is 1. The molecule has 2 aromatic heterocycles. The lowest BCUT2D eigenvalue weighted by Crippen LogP contribution is -2.36. The Morgan fingerprint density at radius 2 is 2.00 bits per heavy atom. The second-order valence-electron chi connectivity index (χ2n) is 6.68. The third kappa shape index (κ3) is 4.11. The summed E-state index contributed by atoms with van der Waals surface area (Å²) in [6.45, 7) is 4.62. The number of fused-ring (bicyclic) bond motifs is 1. The number of morpholine rings is 1. The van der Waals surface area contributed by atoms with E-state index in [4.69, 9.17) is 4.74 Å². The molecule has 0 spiro atoms. The van der Waals surface area contributed by atoms with Gasteiger partial charge in [-0.2, -0.15) is 0 Å². The Bertz CT molecular complexity index is 915. The highest BCUT2D eigenvalue weighted by molar-refractivity contribution is 5.93. The number of aromatic nitrogens is 2. The van der Waals surface area contributed by atoms with E-state index in [0.717, 1.165) is 45.0 Å². The predicted molar refractivity (Wildman–Crippen MR) is 106 cm³/mol. The summed E-state index contributed by atoms with van der Waals surface area (Å²) in [6.07, 6.45) is 4.67. The van der Waals surface area contributed by atoms with Crippen LogP contribution in [0, 0.1) is 0 Å². The van der Waals surface area contributed by atoms with Gasteiger partial charge in [0, 0.05) is 49.8 Å². The van der Waals surface area contributed by atoms with Crippen molar-refractivity contribution < 1.29 is 9.53 Å². The van der Waals surface area contributed by atoms with Gasteiger partial charge in [0.05, 0.1) is 13.2 Å². The number of carbonyl (C=O) groups is 1. The van der Waals surface area contributed by atoms with Crippen LogP contribution >= 0.6 is 0 Å². The molecule has 0 aliphatic carbocycles. The van der Waals surface area contributed by atoms with Gasteiger partial charge in [-0.3, -0.25) is 9.78 Å². The normalized spacial score (nSPS) is 14.4. The molecule has 0 saturated carbocycles. The van der Waals surface area contributed by atoms with Crippen LogP contribution in [-0.4, -0.2) is 48.3 Å². The topological polar surface area (TPSA) is 59.4 Å². The van der Waals surface area contributed by atoms with E-state index in [2.05, 4.69) is 44.2 Å². The lowest BCUT2D eigenvalue weighted by Gasteiger charge is -2.28. The summed E-state index contributed by atoms with van der Waals surface area (Å²) in [5.41, 5.74) is 2.71. The van der Waals surface area contributed by atoms with Crippen LogP contribution in [0.5, 0.6) is 0 Å². The summed E-state index contributed by atoms with van der Waals surface area (Å²) in [4.78, 5) is 18.9. The highest BCUT2D eigenvalue weighted by Gasteiger charge is 2.14. The molecule has 3 heterocycles. The molecule has 3 aromatic rings. The Balaban J connectivity index is 1.30. The van der Waals surface area contributed by atoms with Gasteiger partial charge in [0.2, 0.25) is 0 Å². The fourth-order valence-electron chi connectivity index (χ4n) is 3.44. The summed E-state index contributed by atoms with van der Waals surface area (Å²) in [7, 11) is 0. The molecule has 0 unspecified atom stereocenters. The van der Waals surface area contributed by atoms with Crippen LogP contribution in [-0.2, 0) is 11.3 Å². The van der Waals surface area contributed by atoms with Gasteiger partial charge in [-0.1, -0.05) is 18.2 Å². The molecule has 6 nitrogen and oxygen atoms in total. The number of amides is 1. The van der Waals surface area contributed by atoms with E-state index in [0.29, 0.717) is 12.2 Å². The number of benzene rings is 1. The van der Waals surface area contributed by atoms with Crippen molar-refractivity contribution in [2.75, 3.05) is 37.7 Å². The molecule has 0 bridgehead atoms. The van der Waals surface area contributed by atoms with Crippen LogP contribution in [0.15, 0.2) is 54.9 Å². The Labute approximate surface area is 158 Å². The standard InChI is InChI=1S/C21H24N4O2/c26-21(19-16-18(6-9-22-19)24-12-14-27-15-13-24)23-8-3-10-25-11-7-17-4-1-2-5-20(17)25/h1-2,4-7,9,11,16H,3,8,10,12-15H2,(H,23,26). The fourth-order valence-corrected chi connectivity index (χ4v) is 3.44. The molecule has 1 aliphatic heterocycles. The first-order chi connectivity index (χ1) is 13.3. The van der Waals surface area contributed by atoms with Crippen LogP contribution in [0.2, 0.25) is 0 Å². The highest BCUT2D eigenvalue weighted by atomic mass is 16.5. The summed E-state index contributed by atoms with van der Waals surface area (Å²) in [5.74, 6) is -0.123. The third-order valence-corrected chi connectivity index (χ3v) is 4.89. The maximum absolute atomic E-state index is 12.4. The molecule has 0 atom stereocenters. The van der Waals surface area contributed by atoms with Crippen molar-refractivity contribution in [3.63, 3.8) is 0 Å². The van der Waals surface area contributed by atoms with Gasteiger partial charge in [-0.05, 0) is 36.1 Å². The third-order valence-electron chi connectivity index (χ3n) is 4.89. The fraction of sp³-hybridized carbons (Fsp3) is 0.333. The van der Waals surface area contributed by atoms with Crippen LogP contribution in [0.25, 0.3) is 10.9 Å². The second kappa shape index (κ2) is 8.22. The average Bonchev–Trinajstić information content (AvgIpc) is 3.15. The molecule has 1 saturated heterocycles. The Hall–Kier alpha value is -2.86. The van der Waals surface area contributed by atoms with Gasteiger partial charge in [0.15, 0.2) is 0 Å². The smallest absolute Gasteiger partial charge is 0.269 e. The minimum atomic E-state index is -0.123. The zero-order valence-electron chi connectivity index (χ0n) is 15.3. The van der Waals surface area contributed by atoms with Crippen molar-refractivity contribution in [3.05, 3.63) is 60.6 Å².